The van der Waals surface area contributed by atoms with E-state index < -0.39 is 28.9 Å². The SMILES string of the molecule is CC(C)OCCN1C(=O)C(=O)c2c(F)ccc(F)c21. The summed E-state index contributed by atoms with van der Waals surface area (Å²) in [6.07, 6.45) is -0.0507. The fraction of sp³-hybridized carbons (Fsp3) is 0.385. The van der Waals surface area contributed by atoms with E-state index in [0.717, 1.165) is 17.0 Å². The lowest BCUT2D eigenvalue weighted by molar-refractivity contribution is -0.114. The summed E-state index contributed by atoms with van der Waals surface area (Å²) in [5, 5.41) is 0. The van der Waals surface area contributed by atoms with Crippen molar-refractivity contribution in [1.82, 2.24) is 0 Å². The summed E-state index contributed by atoms with van der Waals surface area (Å²) in [6, 6.07) is 1.74. The number of halogens is 2. The summed E-state index contributed by atoms with van der Waals surface area (Å²) >= 11 is 0. The Morgan fingerprint density at radius 3 is 2.47 bits per heavy atom. The standard InChI is InChI=1S/C13H13F2NO3/c1-7(2)19-6-5-16-11-9(15)4-3-8(14)10(11)12(17)13(16)18/h3-4,7H,5-6H2,1-2H3. The van der Waals surface area contributed by atoms with E-state index in [1.165, 1.54) is 0 Å². The van der Waals surface area contributed by atoms with Crippen molar-refractivity contribution < 1.29 is 23.1 Å². The quantitative estimate of drug-likeness (QED) is 0.784. The van der Waals surface area contributed by atoms with Gasteiger partial charge in [-0.25, -0.2) is 8.78 Å². The molecular formula is C13H13F2NO3. The first kappa shape index (κ1) is 13.6. The van der Waals surface area contributed by atoms with E-state index in [9.17, 15) is 18.4 Å². The minimum absolute atomic E-state index is 0.0100. The predicted molar refractivity (Wildman–Crippen MR) is 64.1 cm³/mol. The number of hydrogen-bond donors (Lipinski definition) is 0. The van der Waals surface area contributed by atoms with Gasteiger partial charge in [0.2, 0.25) is 0 Å². The third kappa shape index (κ3) is 2.35. The molecule has 0 unspecified atom stereocenters. The van der Waals surface area contributed by atoms with Crippen LogP contribution in [0.4, 0.5) is 14.5 Å². The summed E-state index contributed by atoms with van der Waals surface area (Å²) in [7, 11) is 0. The van der Waals surface area contributed by atoms with Crippen LogP contribution >= 0.6 is 0 Å². The van der Waals surface area contributed by atoms with Crippen LogP contribution in [0.1, 0.15) is 24.2 Å². The van der Waals surface area contributed by atoms with Crippen molar-refractivity contribution >= 4 is 17.4 Å². The molecule has 0 aliphatic carbocycles. The summed E-state index contributed by atoms with van der Waals surface area (Å²) in [5.74, 6) is -3.62. The zero-order chi connectivity index (χ0) is 14.2. The zero-order valence-electron chi connectivity index (χ0n) is 10.6. The monoisotopic (exact) mass is 269 g/mol. The molecule has 0 aromatic heterocycles. The fourth-order valence-electron chi connectivity index (χ4n) is 1.95. The van der Waals surface area contributed by atoms with E-state index in [0.29, 0.717) is 0 Å². The van der Waals surface area contributed by atoms with Gasteiger partial charge >= 0.3 is 0 Å². The molecule has 0 N–H and O–H groups in total. The zero-order valence-corrected chi connectivity index (χ0v) is 10.6. The van der Waals surface area contributed by atoms with Gasteiger partial charge in [0.25, 0.3) is 11.7 Å². The molecule has 1 heterocycles. The molecule has 19 heavy (non-hydrogen) atoms. The minimum Gasteiger partial charge on any atom is -0.377 e. The second-order valence-corrected chi connectivity index (χ2v) is 4.46. The number of hydrogen-bond acceptors (Lipinski definition) is 3. The van der Waals surface area contributed by atoms with E-state index in [1.54, 1.807) is 0 Å². The van der Waals surface area contributed by atoms with Crippen LogP contribution in [0, 0.1) is 11.6 Å². The fourth-order valence-corrected chi connectivity index (χ4v) is 1.95. The van der Waals surface area contributed by atoms with Gasteiger partial charge in [0, 0.05) is 6.54 Å². The number of anilines is 1. The maximum absolute atomic E-state index is 13.7. The molecule has 0 atom stereocenters. The average Bonchev–Trinajstić information content (AvgIpc) is 2.59. The Morgan fingerprint density at radius 2 is 1.84 bits per heavy atom. The molecule has 0 saturated heterocycles. The second kappa shape index (κ2) is 5.05. The van der Waals surface area contributed by atoms with Crippen LogP contribution in [0.15, 0.2) is 12.1 Å². The Labute approximate surface area is 109 Å². The van der Waals surface area contributed by atoms with Crippen LogP contribution in [-0.2, 0) is 9.53 Å². The molecule has 0 bridgehead atoms. The van der Waals surface area contributed by atoms with Gasteiger partial charge in [0.1, 0.15) is 11.6 Å². The number of Topliss-reactive ketones (excluding diaryl/α,β-unsaturated/α-hetero) is 1. The first-order chi connectivity index (χ1) is 8.93. The number of carbonyl (C=O) groups excluding carboxylic acids is 2. The van der Waals surface area contributed by atoms with Crippen LogP contribution in [0.25, 0.3) is 0 Å². The second-order valence-electron chi connectivity index (χ2n) is 4.46. The Hall–Kier alpha value is -1.82. The third-order valence-corrected chi connectivity index (χ3v) is 2.78. The van der Waals surface area contributed by atoms with Crippen molar-refractivity contribution in [3.8, 4) is 0 Å². The van der Waals surface area contributed by atoms with Gasteiger partial charge in [-0.15, -0.1) is 0 Å². The lowest BCUT2D eigenvalue weighted by Crippen LogP contribution is -2.33. The van der Waals surface area contributed by atoms with E-state index in [2.05, 4.69) is 0 Å². The molecule has 1 amide bonds. The number of rotatable bonds is 4. The summed E-state index contributed by atoms with van der Waals surface area (Å²) in [6.45, 7) is 3.78. The minimum atomic E-state index is -1.02. The van der Waals surface area contributed by atoms with Crippen LogP contribution in [0.5, 0.6) is 0 Å². The van der Waals surface area contributed by atoms with Crippen molar-refractivity contribution in [2.45, 2.75) is 20.0 Å². The molecule has 2 rings (SSSR count). The summed E-state index contributed by atoms with van der Waals surface area (Å²) in [4.78, 5) is 24.3. The van der Waals surface area contributed by atoms with Crippen molar-refractivity contribution in [3.63, 3.8) is 0 Å². The number of benzene rings is 1. The Bertz CT molecular complexity index is 543. The first-order valence-corrected chi connectivity index (χ1v) is 5.89. The van der Waals surface area contributed by atoms with Gasteiger partial charge in [-0.05, 0) is 26.0 Å². The van der Waals surface area contributed by atoms with Crippen molar-refractivity contribution in [1.29, 1.82) is 0 Å². The lowest BCUT2D eigenvalue weighted by Gasteiger charge is -2.17. The highest BCUT2D eigenvalue weighted by atomic mass is 19.1. The molecule has 1 aromatic carbocycles. The smallest absolute Gasteiger partial charge is 0.299 e. The highest BCUT2D eigenvalue weighted by Crippen LogP contribution is 2.33. The molecule has 0 spiro atoms. The average molecular weight is 269 g/mol. The Kier molecular flexibility index (Phi) is 3.61. The third-order valence-electron chi connectivity index (χ3n) is 2.78. The molecule has 1 aliphatic heterocycles. The van der Waals surface area contributed by atoms with Crippen LogP contribution in [0.2, 0.25) is 0 Å². The Morgan fingerprint density at radius 1 is 1.21 bits per heavy atom. The highest BCUT2D eigenvalue weighted by Gasteiger charge is 2.40. The number of nitrogens with zero attached hydrogens (tertiary/aromatic N) is 1. The van der Waals surface area contributed by atoms with Gasteiger partial charge in [0.15, 0.2) is 0 Å². The molecule has 6 heteroatoms. The van der Waals surface area contributed by atoms with Crippen molar-refractivity contribution in [2.75, 3.05) is 18.1 Å². The largest absolute Gasteiger partial charge is 0.377 e. The molecule has 1 aromatic rings. The normalized spacial score (nSPS) is 14.5. The van der Waals surface area contributed by atoms with Gasteiger partial charge in [-0.3, -0.25) is 14.5 Å². The van der Waals surface area contributed by atoms with E-state index >= 15 is 0 Å². The lowest BCUT2D eigenvalue weighted by atomic mass is 10.1. The topological polar surface area (TPSA) is 46.6 Å². The number of ether oxygens (including phenoxy) is 1. The molecule has 0 saturated carbocycles. The van der Waals surface area contributed by atoms with E-state index in [1.807, 2.05) is 13.8 Å². The first-order valence-electron chi connectivity index (χ1n) is 5.89. The van der Waals surface area contributed by atoms with E-state index in [4.69, 9.17) is 4.74 Å². The van der Waals surface area contributed by atoms with Crippen LogP contribution in [-0.4, -0.2) is 30.9 Å². The van der Waals surface area contributed by atoms with E-state index in [-0.39, 0.29) is 24.9 Å². The molecule has 4 nitrogen and oxygen atoms in total. The van der Waals surface area contributed by atoms with Gasteiger partial charge in [0.05, 0.1) is 24.0 Å². The van der Waals surface area contributed by atoms with Gasteiger partial charge < -0.3 is 4.74 Å². The highest BCUT2D eigenvalue weighted by molar-refractivity contribution is 6.52. The maximum atomic E-state index is 13.7. The van der Waals surface area contributed by atoms with Gasteiger partial charge in [-0.2, -0.15) is 0 Å². The van der Waals surface area contributed by atoms with Crippen molar-refractivity contribution in [3.05, 3.63) is 29.3 Å². The van der Waals surface area contributed by atoms with Gasteiger partial charge in [-0.1, -0.05) is 0 Å². The maximum Gasteiger partial charge on any atom is 0.299 e. The molecule has 0 fully saturated rings. The molecule has 0 radical (unpaired) electrons. The number of fused-ring (bicyclic) bond motifs is 1. The van der Waals surface area contributed by atoms with Crippen molar-refractivity contribution in [2.24, 2.45) is 0 Å². The number of carbonyl (C=O) groups is 2. The number of ketones is 1. The molecule has 1 aliphatic rings. The molecule has 102 valence electrons. The molecular weight excluding hydrogens is 256 g/mol. The number of amides is 1. The Balaban J connectivity index is 2.31. The van der Waals surface area contributed by atoms with Crippen LogP contribution < -0.4 is 4.90 Å². The predicted octanol–water partition coefficient (Wildman–Crippen LogP) is 1.92. The summed E-state index contributed by atoms with van der Waals surface area (Å²) in [5.41, 5.74) is -0.781. The summed E-state index contributed by atoms with van der Waals surface area (Å²) < 4.78 is 32.5. The van der Waals surface area contributed by atoms with Crippen LogP contribution in [0.3, 0.4) is 0 Å².